The number of carbonyl (C=O) groups excluding carboxylic acids is 1. The molecular formula is C16H16ClN3O5S. The van der Waals surface area contributed by atoms with Crippen LogP contribution in [0.25, 0.3) is 0 Å². The number of non-ortho nitro benzene ring substituents is 1. The van der Waals surface area contributed by atoms with E-state index in [-0.39, 0.29) is 16.4 Å². The molecular weight excluding hydrogens is 382 g/mol. The lowest BCUT2D eigenvalue weighted by Gasteiger charge is -2.25. The van der Waals surface area contributed by atoms with Crippen LogP contribution < -0.4 is 5.32 Å². The maximum absolute atomic E-state index is 12.8. The highest BCUT2D eigenvalue weighted by atomic mass is 35.5. The van der Waals surface area contributed by atoms with E-state index in [1.54, 1.807) is 30.3 Å². The molecule has 1 atom stereocenters. The molecule has 10 heteroatoms. The van der Waals surface area contributed by atoms with Gasteiger partial charge in [0.25, 0.3) is 5.69 Å². The SMILES string of the molecule is CN([C@H](C(=O)Nc1cc([N+](=O)[O-])ccc1Cl)c1ccccc1)S(C)(=O)=O. The Morgan fingerprint density at radius 3 is 2.38 bits per heavy atom. The van der Waals surface area contributed by atoms with Gasteiger partial charge in [0.2, 0.25) is 15.9 Å². The summed E-state index contributed by atoms with van der Waals surface area (Å²) in [6.07, 6.45) is 0.983. The summed E-state index contributed by atoms with van der Waals surface area (Å²) < 4.78 is 24.8. The fourth-order valence-corrected chi connectivity index (χ4v) is 3.04. The van der Waals surface area contributed by atoms with Crippen molar-refractivity contribution < 1.29 is 18.1 Å². The van der Waals surface area contributed by atoms with E-state index in [0.29, 0.717) is 5.56 Å². The first kappa shape index (κ1) is 19.8. The number of anilines is 1. The van der Waals surface area contributed by atoms with Crippen LogP contribution in [0.4, 0.5) is 11.4 Å². The molecule has 0 saturated carbocycles. The van der Waals surface area contributed by atoms with Gasteiger partial charge in [-0.1, -0.05) is 41.9 Å². The Hall–Kier alpha value is -2.49. The molecule has 0 bridgehead atoms. The molecule has 0 saturated heterocycles. The quantitative estimate of drug-likeness (QED) is 0.595. The summed E-state index contributed by atoms with van der Waals surface area (Å²) in [6.45, 7) is 0. The largest absolute Gasteiger partial charge is 0.323 e. The van der Waals surface area contributed by atoms with E-state index in [1.165, 1.54) is 19.2 Å². The molecule has 0 heterocycles. The van der Waals surface area contributed by atoms with Gasteiger partial charge in [-0.3, -0.25) is 14.9 Å². The maximum atomic E-state index is 12.8. The van der Waals surface area contributed by atoms with Gasteiger partial charge in [0.15, 0.2) is 0 Å². The first-order chi connectivity index (χ1) is 12.1. The minimum absolute atomic E-state index is 0.0219. The van der Waals surface area contributed by atoms with Crippen molar-refractivity contribution in [3.63, 3.8) is 0 Å². The number of sulfonamides is 1. The Bertz CT molecular complexity index is 934. The molecule has 2 rings (SSSR count). The monoisotopic (exact) mass is 397 g/mol. The van der Waals surface area contributed by atoms with Crippen LogP contribution in [0.5, 0.6) is 0 Å². The predicted molar refractivity (Wildman–Crippen MR) is 98.5 cm³/mol. The molecule has 26 heavy (non-hydrogen) atoms. The molecule has 8 nitrogen and oxygen atoms in total. The van der Waals surface area contributed by atoms with Gasteiger partial charge < -0.3 is 5.32 Å². The van der Waals surface area contributed by atoms with Crippen molar-refractivity contribution in [3.05, 3.63) is 69.2 Å². The number of nitro benzene ring substituents is 1. The molecule has 0 aliphatic rings. The summed E-state index contributed by atoms with van der Waals surface area (Å²) in [7, 11) is -2.41. The van der Waals surface area contributed by atoms with Gasteiger partial charge in [0, 0.05) is 19.2 Å². The Kier molecular flexibility index (Phi) is 5.96. The molecule has 0 radical (unpaired) electrons. The summed E-state index contributed by atoms with van der Waals surface area (Å²) in [5.41, 5.74) is 0.214. The van der Waals surface area contributed by atoms with E-state index in [9.17, 15) is 23.3 Å². The van der Waals surface area contributed by atoms with Crippen molar-refractivity contribution >= 4 is 38.9 Å². The first-order valence-corrected chi connectivity index (χ1v) is 9.56. The first-order valence-electron chi connectivity index (χ1n) is 7.34. The molecule has 1 amide bonds. The van der Waals surface area contributed by atoms with Crippen molar-refractivity contribution in [2.45, 2.75) is 6.04 Å². The number of carbonyl (C=O) groups is 1. The smallest absolute Gasteiger partial charge is 0.271 e. The van der Waals surface area contributed by atoms with Crippen LogP contribution in [-0.2, 0) is 14.8 Å². The number of nitro groups is 1. The maximum Gasteiger partial charge on any atom is 0.271 e. The molecule has 0 fully saturated rings. The zero-order valence-corrected chi connectivity index (χ0v) is 15.5. The third-order valence-electron chi connectivity index (χ3n) is 3.67. The Morgan fingerprint density at radius 2 is 1.85 bits per heavy atom. The fraction of sp³-hybridized carbons (Fsp3) is 0.188. The molecule has 0 aliphatic heterocycles. The van der Waals surface area contributed by atoms with Crippen molar-refractivity contribution in [3.8, 4) is 0 Å². The van der Waals surface area contributed by atoms with E-state index in [0.717, 1.165) is 16.6 Å². The highest BCUT2D eigenvalue weighted by Gasteiger charge is 2.31. The summed E-state index contributed by atoms with van der Waals surface area (Å²) in [5, 5.41) is 13.5. The molecule has 1 N–H and O–H groups in total. The average Bonchev–Trinajstić information content (AvgIpc) is 2.57. The summed E-state index contributed by atoms with van der Waals surface area (Å²) in [4.78, 5) is 23.1. The number of hydrogen-bond acceptors (Lipinski definition) is 5. The van der Waals surface area contributed by atoms with E-state index in [1.807, 2.05) is 0 Å². The van der Waals surface area contributed by atoms with Gasteiger partial charge in [0.1, 0.15) is 6.04 Å². The number of rotatable bonds is 6. The minimum atomic E-state index is -3.69. The molecule has 0 aliphatic carbocycles. The topological polar surface area (TPSA) is 110 Å². The highest BCUT2D eigenvalue weighted by Crippen LogP contribution is 2.29. The van der Waals surface area contributed by atoms with Crippen LogP contribution in [0.3, 0.4) is 0 Å². The van der Waals surface area contributed by atoms with E-state index in [2.05, 4.69) is 5.32 Å². The Labute approximate surface area is 155 Å². The van der Waals surface area contributed by atoms with Gasteiger partial charge >= 0.3 is 0 Å². The number of likely N-dealkylation sites (N-methyl/N-ethyl adjacent to an activating group) is 1. The van der Waals surface area contributed by atoms with E-state index >= 15 is 0 Å². The van der Waals surface area contributed by atoms with Gasteiger partial charge in [0.05, 0.1) is 21.9 Å². The zero-order chi connectivity index (χ0) is 19.5. The number of amides is 1. The predicted octanol–water partition coefficient (Wildman–Crippen LogP) is 2.82. The lowest BCUT2D eigenvalue weighted by atomic mass is 10.1. The molecule has 0 aromatic heterocycles. The molecule has 0 unspecified atom stereocenters. The third-order valence-corrected chi connectivity index (χ3v) is 5.26. The number of halogens is 1. The molecule has 2 aromatic rings. The van der Waals surface area contributed by atoms with Crippen LogP contribution in [0.2, 0.25) is 5.02 Å². The van der Waals surface area contributed by atoms with Crippen molar-refractivity contribution in [2.24, 2.45) is 0 Å². The van der Waals surface area contributed by atoms with E-state index in [4.69, 9.17) is 11.6 Å². The van der Waals surface area contributed by atoms with Gasteiger partial charge in [-0.05, 0) is 11.6 Å². The summed E-state index contributed by atoms with van der Waals surface area (Å²) in [6, 6.07) is 10.7. The average molecular weight is 398 g/mol. The standard InChI is InChI=1S/C16H16ClN3O5S/c1-19(26(2,24)25)15(11-6-4-3-5-7-11)16(21)18-14-10-12(20(22)23)8-9-13(14)17/h3-10,15H,1-2H3,(H,18,21)/t15-/m0/s1. The van der Waals surface area contributed by atoms with Crippen LogP contribution in [0.1, 0.15) is 11.6 Å². The van der Waals surface area contributed by atoms with Gasteiger partial charge in [-0.15, -0.1) is 0 Å². The van der Waals surface area contributed by atoms with Crippen molar-refractivity contribution in [2.75, 3.05) is 18.6 Å². The van der Waals surface area contributed by atoms with Crippen LogP contribution in [0, 0.1) is 10.1 Å². The van der Waals surface area contributed by atoms with Crippen molar-refractivity contribution in [1.82, 2.24) is 4.31 Å². The second-order valence-electron chi connectivity index (χ2n) is 5.50. The number of hydrogen-bond donors (Lipinski definition) is 1. The number of nitrogens with one attached hydrogen (secondary N) is 1. The van der Waals surface area contributed by atoms with Gasteiger partial charge in [-0.2, -0.15) is 4.31 Å². The summed E-state index contributed by atoms with van der Waals surface area (Å²) in [5.74, 6) is -0.688. The van der Waals surface area contributed by atoms with Gasteiger partial charge in [-0.25, -0.2) is 8.42 Å². The highest BCUT2D eigenvalue weighted by molar-refractivity contribution is 7.88. The van der Waals surface area contributed by atoms with Crippen molar-refractivity contribution in [1.29, 1.82) is 0 Å². The number of nitrogens with zero attached hydrogens (tertiary/aromatic N) is 2. The Balaban J connectivity index is 2.42. The molecule has 2 aromatic carbocycles. The summed E-state index contributed by atoms with van der Waals surface area (Å²) >= 11 is 6.00. The van der Waals surface area contributed by atoms with E-state index < -0.39 is 26.9 Å². The number of benzene rings is 2. The second kappa shape index (κ2) is 7.81. The Morgan fingerprint density at radius 1 is 1.23 bits per heavy atom. The lowest BCUT2D eigenvalue weighted by Crippen LogP contribution is -2.38. The fourth-order valence-electron chi connectivity index (χ4n) is 2.28. The second-order valence-corrected chi connectivity index (χ2v) is 7.95. The van der Waals surface area contributed by atoms with Crippen LogP contribution >= 0.6 is 11.6 Å². The molecule has 0 spiro atoms. The van der Waals surface area contributed by atoms with Crippen LogP contribution in [-0.4, -0.2) is 36.9 Å². The third kappa shape index (κ3) is 4.57. The molecule has 138 valence electrons. The minimum Gasteiger partial charge on any atom is -0.323 e. The zero-order valence-electron chi connectivity index (χ0n) is 13.9. The lowest BCUT2D eigenvalue weighted by molar-refractivity contribution is -0.384. The normalized spacial score (nSPS) is 12.6. The van der Waals surface area contributed by atoms with Crippen LogP contribution in [0.15, 0.2) is 48.5 Å².